The first-order valence-corrected chi connectivity index (χ1v) is 6.58. The minimum absolute atomic E-state index is 0.00897. The van der Waals surface area contributed by atoms with Crippen molar-refractivity contribution in [2.24, 2.45) is 0 Å². The van der Waals surface area contributed by atoms with Gasteiger partial charge in [-0.1, -0.05) is 27.2 Å². The van der Waals surface area contributed by atoms with Crippen LogP contribution in [0.2, 0.25) is 0 Å². The van der Waals surface area contributed by atoms with Crippen LogP contribution in [0, 0.1) is 5.82 Å². The Morgan fingerprint density at radius 3 is 2.72 bits per heavy atom. The van der Waals surface area contributed by atoms with Gasteiger partial charge in [-0.2, -0.15) is 0 Å². The van der Waals surface area contributed by atoms with Gasteiger partial charge < -0.3 is 10.1 Å². The van der Waals surface area contributed by atoms with Crippen LogP contribution in [0.15, 0.2) is 12.3 Å². The van der Waals surface area contributed by atoms with Crippen molar-refractivity contribution >= 4 is 0 Å². The van der Waals surface area contributed by atoms with Gasteiger partial charge in [-0.25, -0.2) is 9.37 Å². The summed E-state index contributed by atoms with van der Waals surface area (Å²) in [6.07, 6.45) is 3.49. The number of aromatic nitrogens is 1. The quantitative estimate of drug-likeness (QED) is 0.810. The molecular weight excluding hydrogens is 231 g/mol. The molecule has 102 valence electrons. The van der Waals surface area contributed by atoms with Gasteiger partial charge in [0, 0.05) is 24.3 Å². The van der Waals surface area contributed by atoms with E-state index in [1.165, 1.54) is 0 Å². The largest absolute Gasteiger partial charge is 0.473 e. The molecule has 1 aromatic rings. The molecule has 1 unspecified atom stereocenters. The second-order valence-corrected chi connectivity index (χ2v) is 4.84. The molecule has 1 rings (SSSR count). The Balaban J connectivity index is 2.71. The summed E-state index contributed by atoms with van der Waals surface area (Å²) < 4.78 is 19.6. The molecular formula is C14H23FN2O. The number of rotatable bonds is 7. The minimum atomic E-state index is -0.353. The van der Waals surface area contributed by atoms with Gasteiger partial charge in [0.15, 0.2) is 5.82 Å². The molecule has 0 saturated carbocycles. The second kappa shape index (κ2) is 7.31. The lowest BCUT2D eigenvalue weighted by Gasteiger charge is -2.15. The summed E-state index contributed by atoms with van der Waals surface area (Å²) >= 11 is 0. The zero-order chi connectivity index (χ0) is 13.5. The van der Waals surface area contributed by atoms with Crippen LogP contribution in [0.5, 0.6) is 5.88 Å². The Kier molecular flexibility index (Phi) is 6.05. The lowest BCUT2D eigenvalue weighted by Crippen LogP contribution is -2.23. The molecule has 0 fully saturated rings. The fourth-order valence-electron chi connectivity index (χ4n) is 1.65. The first kappa shape index (κ1) is 14.9. The average Bonchev–Trinajstić information content (AvgIpc) is 2.30. The van der Waals surface area contributed by atoms with E-state index in [2.05, 4.69) is 17.2 Å². The molecule has 1 N–H and O–H groups in total. The predicted molar refractivity (Wildman–Crippen MR) is 71.2 cm³/mol. The fraction of sp³-hybridized carbons (Fsp3) is 0.643. The van der Waals surface area contributed by atoms with Gasteiger partial charge in [-0.15, -0.1) is 0 Å². The Morgan fingerprint density at radius 1 is 1.39 bits per heavy atom. The summed E-state index contributed by atoms with van der Waals surface area (Å²) in [7, 11) is 0. The number of halogens is 1. The summed E-state index contributed by atoms with van der Waals surface area (Å²) in [6.45, 7) is 8.56. The molecule has 4 heteroatoms. The van der Waals surface area contributed by atoms with Crippen LogP contribution in [0.1, 0.15) is 46.1 Å². The molecule has 1 aromatic heterocycles. The Labute approximate surface area is 109 Å². The number of pyridine rings is 1. The zero-order valence-electron chi connectivity index (χ0n) is 11.7. The molecule has 18 heavy (non-hydrogen) atoms. The maximum atomic E-state index is 14.1. The smallest absolute Gasteiger partial charge is 0.250 e. The highest BCUT2D eigenvalue weighted by atomic mass is 19.1. The number of hydrogen-bond acceptors (Lipinski definition) is 3. The van der Waals surface area contributed by atoms with Crippen molar-refractivity contribution in [3.63, 3.8) is 0 Å². The number of nitrogens with one attached hydrogen (secondary N) is 1. The molecule has 0 saturated heterocycles. The Hall–Kier alpha value is -1.16. The van der Waals surface area contributed by atoms with Crippen molar-refractivity contribution in [3.05, 3.63) is 23.6 Å². The van der Waals surface area contributed by atoms with Crippen LogP contribution >= 0.6 is 0 Å². The Morgan fingerprint density at radius 2 is 2.11 bits per heavy atom. The summed E-state index contributed by atoms with van der Waals surface area (Å²) in [4.78, 5) is 3.96. The molecule has 0 aliphatic heterocycles. The third-order valence-electron chi connectivity index (χ3n) is 2.65. The minimum Gasteiger partial charge on any atom is -0.473 e. The number of nitrogens with zero attached hydrogens (tertiary/aromatic N) is 1. The van der Waals surface area contributed by atoms with E-state index in [9.17, 15) is 4.39 Å². The van der Waals surface area contributed by atoms with Gasteiger partial charge in [-0.05, 0) is 19.4 Å². The van der Waals surface area contributed by atoms with E-state index < -0.39 is 0 Å². The second-order valence-electron chi connectivity index (χ2n) is 4.84. The molecule has 0 aliphatic rings. The first-order chi connectivity index (χ1) is 8.54. The normalized spacial score (nSPS) is 12.8. The monoisotopic (exact) mass is 254 g/mol. The van der Waals surface area contributed by atoms with E-state index in [-0.39, 0.29) is 17.8 Å². The highest BCUT2D eigenvalue weighted by Gasteiger charge is 2.13. The average molecular weight is 254 g/mol. The maximum Gasteiger partial charge on any atom is 0.250 e. The summed E-state index contributed by atoms with van der Waals surface area (Å²) in [5.41, 5.74) is 0.595. The molecule has 3 nitrogen and oxygen atoms in total. The zero-order valence-corrected chi connectivity index (χ0v) is 11.7. The molecule has 0 aliphatic carbocycles. The number of ether oxygens (including phenoxy) is 1. The third kappa shape index (κ3) is 4.61. The van der Waals surface area contributed by atoms with Crippen LogP contribution in [0.4, 0.5) is 4.39 Å². The standard InChI is InChI=1S/C14H23FN2O/c1-5-6-11(4)18-14-13(15)12(7-8-16-14)9-17-10(2)3/h7-8,10-11,17H,5-6,9H2,1-4H3. The summed E-state index contributed by atoms with van der Waals surface area (Å²) in [5, 5.41) is 3.18. The van der Waals surface area contributed by atoms with Crippen LogP contribution in [-0.2, 0) is 6.54 Å². The molecule has 0 bridgehead atoms. The van der Waals surface area contributed by atoms with Crippen molar-refractivity contribution < 1.29 is 9.13 Å². The number of hydrogen-bond donors (Lipinski definition) is 1. The molecule has 0 amide bonds. The van der Waals surface area contributed by atoms with E-state index in [1.807, 2.05) is 20.8 Å². The van der Waals surface area contributed by atoms with Crippen molar-refractivity contribution in [3.8, 4) is 5.88 Å². The van der Waals surface area contributed by atoms with Crippen LogP contribution in [-0.4, -0.2) is 17.1 Å². The van der Waals surface area contributed by atoms with Crippen molar-refractivity contribution in [2.45, 2.75) is 59.2 Å². The molecule has 0 spiro atoms. The van der Waals surface area contributed by atoms with E-state index >= 15 is 0 Å². The third-order valence-corrected chi connectivity index (χ3v) is 2.65. The van der Waals surface area contributed by atoms with E-state index in [1.54, 1.807) is 12.3 Å². The lowest BCUT2D eigenvalue weighted by atomic mass is 10.2. The summed E-state index contributed by atoms with van der Waals surface area (Å²) in [6, 6.07) is 2.00. The van der Waals surface area contributed by atoms with Gasteiger partial charge >= 0.3 is 0 Å². The maximum absolute atomic E-state index is 14.1. The fourth-order valence-corrected chi connectivity index (χ4v) is 1.65. The molecule has 1 atom stereocenters. The predicted octanol–water partition coefficient (Wildman–Crippen LogP) is 3.29. The van der Waals surface area contributed by atoms with Crippen molar-refractivity contribution in [1.82, 2.24) is 10.3 Å². The highest BCUT2D eigenvalue weighted by Crippen LogP contribution is 2.19. The molecule has 0 aromatic carbocycles. The van der Waals surface area contributed by atoms with Crippen molar-refractivity contribution in [2.75, 3.05) is 0 Å². The summed E-state index contributed by atoms with van der Waals surface area (Å²) in [5.74, 6) is -0.243. The van der Waals surface area contributed by atoms with Gasteiger partial charge in [0.1, 0.15) is 0 Å². The van der Waals surface area contributed by atoms with E-state index in [0.717, 1.165) is 12.8 Å². The van der Waals surface area contributed by atoms with Crippen LogP contribution in [0.3, 0.4) is 0 Å². The highest BCUT2D eigenvalue weighted by molar-refractivity contribution is 5.23. The van der Waals surface area contributed by atoms with Gasteiger partial charge in [-0.3, -0.25) is 0 Å². The Bertz CT molecular complexity index is 369. The van der Waals surface area contributed by atoms with Crippen LogP contribution < -0.4 is 10.1 Å². The van der Waals surface area contributed by atoms with Gasteiger partial charge in [0.05, 0.1) is 6.10 Å². The van der Waals surface area contributed by atoms with Gasteiger partial charge in [0.2, 0.25) is 0 Å². The van der Waals surface area contributed by atoms with E-state index in [4.69, 9.17) is 4.74 Å². The first-order valence-electron chi connectivity index (χ1n) is 6.58. The topological polar surface area (TPSA) is 34.1 Å². The van der Waals surface area contributed by atoms with E-state index in [0.29, 0.717) is 18.2 Å². The SMILES string of the molecule is CCCC(C)Oc1nccc(CNC(C)C)c1F. The van der Waals surface area contributed by atoms with Crippen LogP contribution in [0.25, 0.3) is 0 Å². The van der Waals surface area contributed by atoms with Gasteiger partial charge in [0.25, 0.3) is 5.88 Å². The molecule has 0 radical (unpaired) electrons. The lowest BCUT2D eigenvalue weighted by molar-refractivity contribution is 0.191. The van der Waals surface area contributed by atoms with Crippen molar-refractivity contribution in [1.29, 1.82) is 0 Å². The molecule has 1 heterocycles.